The van der Waals surface area contributed by atoms with Gasteiger partial charge in [-0.1, -0.05) is 54.6 Å². The first-order valence-corrected chi connectivity index (χ1v) is 6.96. The van der Waals surface area contributed by atoms with E-state index in [2.05, 4.69) is 5.32 Å². The fraction of sp³-hybridized carbons (Fsp3) is 0.235. The lowest BCUT2D eigenvalue weighted by Crippen LogP contribution is -2.38. The highest BCUT2D eigenvalue weighted by molar-refractivity contribution is 5.75. The number of carbonyl (C=O) groups is 1. The maximum atomic E-state index is 11.0. The van der Waals surface area contributed by atoms with Gasteiger partial charge in [-0.05, 0) is 16.7 Å². The minimum absolute atomic E-state index is 0.184. The average molecular weight is 283 g/mol. The summed E-state index contributed by atoms with van der Waals surface area (Å²) in [6, 6.07) is 17.1. The van der Waals surface area contributed by atoms with Crippen LogP contribution in [0, 0.1) is 0 Å². The van der Waals surface area contributed by atoms with Gasteiger partial charge in [0.05, 0.1) is 6.10 Å². The topological polar surface area (TPSA) is 69.6 Å². The maximum absolute atomic E-state index is 11.0. The summed E-state index contributed by atoms with van der Waals surface area (Å²) < 4.78 is 0. The van der Waals surface area contributed by atoms with Crippen molar-refractivity contribution in [2.24, 2.45) is 0 Å². The molecule has 3 atom stereocenters. The number of rotatable bonds is 3. The van der Waals surface area contributed by atoms with Crippen molar-refractivity contribution in [3.8, 4) is 11.1 Å². The zero-order valence-electron chi connectivity index (χ0n) is 11.4. The number of carboxylic acid groups (broad SMARTS) is 1. The van der Waals surface area contributed by atoms with Gasteiger partial charge >= 0.3 is 5.97 Å². The summed E-state index contributed by atoms with van der Waals surface area (Å²) in [5, 5.41) is 22.0. The van der Waals surface area contributed by atoms with Crippen LogP contribution in [0.1, 0.15) is 11.5 Å². The Morgan fingerprint density at radius 2 is 1.62 bits per heavy atom. The normalized spacial score (nSPS) is 24.9. The summed E-state index contributed by atoms with van der Waals surface area (Å²) in [6.07, 6.45) is -0.898. The molecule has 1 heterocycles. The van der Waals surface area contributed by atoms with Gasteiger partial charge in [0.15, 0.2) is 0 Å². The monoisotopic (exact) mass is 283 g/mol. The van der Waals surface area contributed by atoms with Crippen molar-refractivity contribution >= 4 is 5.97 Å². The molecule has 4 heteroatoms. The van der Waals surface area contributed by atoms with E-state index in [1.807, 2.05) is 54.6 Å². The van der Waals surface area contributed by atoms with E-state index >= 15 is 0 Å². The standard InChI is InChI=1S/C17H17NO3/c19-16-14(10-18-15(16)17(20)21)13-8-6-12(7-9-13)11-4-2-1-3-5-11/h1-9,14-16,18-19H,10H2,(H,20,21)/t14-,15-,16-/m0/s1. The molecule has 108 valence electrons. The van der Waals surface area contributed by atoms with Crippen LogP contribution in [0.2, 0.25) is 0 Å². The second-order valence-electron chi connectivity index (χ2n) is 5.31. The van der Waals surface area contributed by atoms with Crippen molar-refractivity contribution < 1.29 is 15.0 Å². The Hall–Kier alpha value is -2.17. The second-order valence-corrected chi connectivity index (χ2v) is 5.31. The van der Waals surface area contributed by atoms with Gasteiger partial charge in [0, 0.05) is 12.5 Å². The fourth-order valence-corrected chi connectivity index (χ4v) is 2.83. The van der Waals surface area contributed by atoms with E-state index in [0.29, 0.717) is 6.54 Å². The van der Waals surface area contributed by atoms with Crippen molar-refractivity contribution in [1.82, 2.24) is 5.32 Å². The van der Waals surface area contributed by atoms with Crippen LogP contribution in [0.15, 0.2) is 54.6 Å². The summed E-state index contributed by atoms with van der Waals surface area (Å²) in [5.41, 5.74) is 3.20. The molecule has 1 aliphatic heterocycles. The lowest BCUT2D eigenvalue weighted by atomic mass is 9.92. The van der Waals surface area contributed by atoms with Crippen molar-refractivity contribution in [1.29, 1.82) is 0 Å². The summed E-state index contributed by atoms with van der Waals surface area (Å²) in [4.78, 5) is 11.0. The molecule has 1 aliphatic rings. The number of hydrogen-bond donors (Lipinski definition) is 3. The molecule has 0 bridgehead atoms. The number of aliphatic hydroxyl groups is 1. The SMILES string of the molecule is O=C(O)[C@H]1NC[C@@H](c2ccc(-c3ccccc3)cc2)[C@@H]1O. The van der Waals surface area contributed by atoms with E-state index in [4.69, 9.17) is 5.11 Å². The molecule has 0 unspecified atom stereocenters. The lowest BCUT2D eigenvalue weighted by molar-refractivity contribution is -0.141. The Bertz CT molecular complexity index is 624. The van der Waals surface area contributed by atoms with Gasteiger partial charge in [0.1, 0.15) is 6.04 Å². The average Bonchev–Trinajstić information content (AvgIpc) is 2.90. The number of carboxylic acids is 1. The predicted octanol–water partition coefficient (Wildman–Crippen LogP) is 1.85. The zero-order chi connectivity index (χ0) is 14.8. The van der Waals surface area contributed by atoms with E-state index in [1.54, 1.807) is 0 Å². The Morgan fingerprint density at radius 1 is 1.00 bits per heavy atom. The molecule has 0 aromatic heterocycles. The van der Waals surface area contributed by atoms with E-state index in [0.717, 1.165) is 16.7 Å². The van der Waals surface area contributed by atoms with Crippen LogP contribution in [-0.2, 0) is 4.79 Å². The highest BCUT2D eigenvalue weighted by Gasteiger charge is 2.39. The summed E-state index contributed by atoms with van der Waals surface area (Å²) >= 11 is 0. The van der Waals surface area contributed by atoms with Crippen LogP contribution in [0.25, 0.3) is 11.1 Å². The van der Waals surface area contributed by atoms with Gasteiger partial charge in [-0.3, -0.25) is 4.79 Å². The highest BCUT2D eigenvalue weighted by Crippen LogP contribution is 2.28. The van der Waals surface area contributed by atoms with Crippen LogP contribution in [0.4, 0.5) is 0 Å². The lowest BCUT2D eigenvalue weighted by Gasteiger charge is -2.16. The number of nitrogens with one attached hydrogen (secondary N) is 1. The maximum Gasteiger partial charge on any atom is 0.323 e. The molecule has 3 N–H and O–H groups in total. The summed E-state index contributed by atoms with van der Waals surface area (Å²) in [6.45, 7) is 0.475. The largest absolute Gasteiger partial charge is 0.480 e. The van der Waals surface area contributed by atoms with E-state index < -0.39 is 18.1 Å². The Kier molecular flexibility index (Phi) is 3.73. The molecule has 0 saturated carbocycles. The molecule has 21 heavy (non-hydrogen) atoms. The quantitative estimate of drug-likeness (QED) is 0.804. The number of benzene rings is 2. The number of aliphatic carboxylic acids is 1. The van der Waals surface area contributed by atoms with E-state index in [9.17, 15) is 9.90 Å². The molecular formula is C17H17NO3. The number of hydrogen-bond acceptors (Lipinski definition) is 3. The molecule has 0 amide bonds. The van der Waals surface area contributed by atoms with Gasteiger partial charge in [-0.25, -0.2) is 0 Å². The third kappa shape index (κ3) is 2.68. The minimum atomic E-state index is -1.01. The van der Waals surface area contributed by atoms with Gasteiger partial charge in [-0.2, -0.15) is 0 Å². The molecule has 4 nitrogen and oxygen atoms in total. The van der Waals surface area contributed by atoms with Crippen molar-refractivity contribution in [2.45, 2.75) is 18.1 Å². The van der Waals surface area contributed by atoms with Gasteiger partial charge in [0.2, 0.25) is 0 Å². The van der Waals surface area contributed by atoms with Crippen LogP contribution >= 0.6 is 0 Å². The Balaban J connectivity index is 1.81. The first kappa shape index (κ1) is 13.8. The molecule has 2 aromatic carbocycles. The Labute approximate surface area is 123 Å². The second kappa shape index (κ2) is 5.68. The van der Waals surface area contributed by atoms with Crippen LogP contribution in [-0.4, -0.2) is 34.9 Å². The highest BCUT2D eigenvalue weighted by atomic mass is 16.4. The smallest absolute Gasteiger partial charge is 0.323 e. The van der Waals surface area contributed by atoms with Crippen LogP contribution in [0.5, 0.6) is 0 Å². The van der Waals surface area contributed by atoms with Crippen LogP contribution < -0.4 is 5.32 Å². The van der Waals surface area contributed by atoms with Crippen molar-refractivity contribution in [3.63, 3.8) is 0 Å². The zero-order valence-corrected chi connectivity index (χ0v) is 11.4. The number of aliphatic hydroxyl groups excluding tert-OH is 1. The van der Waals surface area contributed by atoms with Crippen molar-refractivity contribution in [3.05, 3.63) is 60.2 Å². The Morgan fingerprint density at radius 3 is 2.19 bits per heavy atom. The molecule has 0 aliphatic carbocycles. The molecular weight excluding hydrogens is 266 g/mol. The van der Waals surface area contributed by atoms with Crippen LogP contribution in [0.3, 0.4) is 0 Å². The van der Waals surface area contributed by atoms with Crippen molar-refractivity contribution in [2.75, 3.05) is 6.54 Å². The van der Waals surface area contributed by atoms with Gasteiger partial charge in [0.25, 0.3) is 0 Å². The molecule has 1 saturated heterocycles. The van der Waals surface area contributed by atoms with E-state index in [-0.39, 0.29) is 5.92 Å². The molecule has 2 aromatic rings. The molecule has 3 rings (SSSR count). The molecule has 1 fully saturated rings. The summed E-state index contributed by atoms with van der Waals surface area (Å²) in [5.74, 6) is -1.19. The fourth-order valence-electron chi connectivity index (χ4n) is 2.83. The third-order valence-electron chi connectivity index (χ3n) is 4.02. The molecule has 0 radical (unpaired) electrons. The first-order valence-electron chi connectivity index (χ1n) is 6.96. The minimum Gasteiger partial charge on any atom is -0.480 e. The first-order chi connectivity index (χ1) is 10.2. The predicted molar refractivity (Wildman–Crippen MR) is 80.1 cm³/mol. The van der Waals surface area contributed by atoms with Gasteiger partial charge < -0.3 is 15.5 Å². The van der Waals surface area contributed by atoms with E-state index in [1.165, 1.54) is 0 Å². The third-order valence-corrected chi connectivity index (χ3v) is 4.02. The molecule has 0 spiro atoms. The van der Waals surface area contributed by atoms with Gasteiger partial charge in [-0.15, -0.1) is 0 Å². The summed E-state index contributed by atoms with van der Waals surface area (Å²) in [7, 11) is 0.